The molecule has 5 nitrogen and oxygen atoms in total. The van der Waals surface area contributed by atoms with E-state index in [2.05, 4.69) is 0 Å². The maximum atomic E-state index is 9.19. The maximum absolute atomic E-state index is 9.19. The van der Waals surface area contributed by atoms with Crippen LogP contribution in [-0.4, -0.2) is 51.1 Å². The van der Waals surface area contributed by atoms with E-state index in [1.165, 1.54) is 6.92 Å². The highest BCUT2D eigenvalue weighted by molar-refractivity contribution is 4.92. The van der Waals surface area contributed by atoms with Gasteiger partial charge in [-0.3, -0.25) is 0 Å². The van der Waals surface area contributed by atoms with Crippen LogP contribution < -0.4 is 0 Å². The number of rotatable bonds is 1. The average Bonchev–Trinajstić information content (AvgIpc) is 2.13. The van der Waals surface area contributed by atoms with E-state index in [1.54, 1.807) is 0 Å². The second-order valence-electron chi connectivity index (χ2n) is 2.83. The molecule has 1 heterocycles. The Balaban J connectivity index is 2.69. The lowest BCUT2D eigenvalue weighted by Gasteiger charge is -2.19. The molecular formula is C6H12O5. The molecule has 1 aliphatic rings. The van der Waals surface area contributed by atoms with Crippen molar-refractivity contribution in [2.75, 3.05) is 6.61 Å². The predicted octanol–water partition coefficient (Wildman–Crippen LogP) is -2.19. The lowest BCUT2D eigenvalue weighted by molar-refractivity contribution is -0.217. The first-order valence-electron chi connectivity index (χ1n) is 3.36. The van der Waals surface area contributed by atoms with Gasteiger partial charge in [0.2, 0.25) is 0 Å². The summed E-state index contributed by atoms with van der Waals surface area (Å²) in [6.45, 7) is 0.810. The molecule has 1 aliphatic heterocycles. The van der Waals surface area contributed by atoms with Crippen LogP contribution in [0.4, 0.5) is 0 Å². The summed E-state index contributed by atoms with van der Waals surface area (Å²) in [5.74, 6) is -1.76. The highest BCUT2D eigenvalue weighted by atomic mass is 16.7. The molecule has 5 heteroatoms. The second-order valence-corrected chi connectivity index (χ2v) is 2.83. The van der Waals surface area contributed by atoms with Gasteiger partial charge in [-0.15, -0.1) is 0 Å². The molecule has 0 bridgehead atoms. The van der Waals surface area contributed by atoms with Gasteiger partial charge < -0.3 is 25.2 Å². The fourth-order valence-electron chi connectivity index (χ4n) is 1.11. The zero-order valence-electron chi connectivity index (χ0n) is 6.14. The minimum atomic E-state index is -1.76. The Morgan fingerprint density at radius 3 is 2.18 bits per heavy atom. The quantitative estimate of drug-likeness (QED) is 0.353. The SMILES string of the molecule is CC1(O)O[C@@H](CO)C(O)C1O. The molecule has 66 valence electrons. The number of hydrogen-bond acceptors (Lipinski definition) is 5. The molecule has 3 unspecified atom stereocenters. The van der Waals surface area contributed by atoms with Crippen molar-refractivity contribution in [3.05, 3.63) is 0 Å². The van der Waals surface area contributed by atoms with E-state index >= 15 is 0 Å². The Morgan fingerprint density at radius 1 is 1.45 bits per heavy atom. The van der Waals surface area contributed by atoms with E-state index in [1.807, 2.05) is 0 Å². The molecule has 11 heavy (non-hydrogen) atoms. The van der Waals surface area contributed by atoms with Crippen LogP contribution in [0.25, 0.3) is 0 Å². The Kier molecular flexibility index (Phi) is 2.17. The highest BCUT2D eigenvalue weighted by Gasteiger charge is 2.49. The largest absolute Gasteiger partial charge is 0.394 e. The van der Waals surface area contributed by atoms with Crippen LogP contribution in [0.5, 0.6) is 0 Å². The van der Waals surface area contributed by atoms with Crippen LogP contribution in [0, 0.1) is 0 Å². The number of aliphatic hydroxyl groups excluding tert-OH is 3. The van der Waals surface area contributed by atoms with Crippen molar-refractivity contribution in [1.82, 2.24) is 0 Å². The molecule has 0 aliphatic carbocycles. The third-order valence-electron chi connectivity index (χ3n) is 1.82. The summed E-state index contributed by atoms with van der Waals surface area (Å²) in [7, 11) is 0. The van der Waals surface area contributed by atoms with Gasteiger partial charge in [0.1, 0.15) is 18.3 Å². The first-order chi connectivity index (χ1) is 4.99. The average molecular weight is 164 g/mol. The summed E-state index contributed by atoms with van der Waals surface area (Å²) in [5, 5.41) is 36.0. The molecule has 1 rings (SSSR count). The zero-order chi connectivity index (χ0) is 8.65. The summed E-state index contributed by atoms with van der Waals surface area (Å²) in [6.07, 6.45) is -3.49. The smallest absolute Gasteiger partial charge is 0.192 e. The number of aliphatic hydroxyl groups is 4. The first-order valence-corrected chi connectivity index (χ1v) is 3.36. The molecule has 0 saturated carbocycles. The summed E-state index contributed by atoms with van der Waals surface area (Å²) >= 11 is 0. The van der Waals surface area contributed by atoms with Crippen molar-refractivity contribution in [2.45, 2.75) is 31.0 Å². The minimum Gasteiger partial charge on any atom is -0.394 e. The number of hydrogen-bond donors (Lipinski definition) is 4. The summed E-state index contributed by atoms with van der Waals surface area (Å²) in [5.41, 5.74) is 0. The van der Waals surface area contributed by atoms with Crippen molar-refractivity contribution < 1.29 is 25.2 Å². The predicted molar refractivity (Wildman–Crippen MR) is 34.6 cm³/mol. The van der Waals surface area contributed by atoms with E-state index in [0.717, 1.165) is 0 Å². The molecule has 0 aromatic rings. The Bertz CT molecular complexity index is 146. The van der Waals surface area contributed by atoms with Crippen molar-refractivity contribution in [3.63, 3.8) is 0 Å². The van der Waals surface area contributed by atoms with E-state index in [-0.39, 0.29) is 0 Å². The van der Waals surface area contributed by atoms with Gasteiger partial charge in [-0.1, -0.05) is 0 Å². The lowest BCUT2D eigenvalue weighted by Crippen LogP contribution is -2.40. The van der Waals surface area contributed by atoms with Crippen molar-refractivity contribution in [1.29, 1.82) is 0 Å². The van der Waals surface area contributed by atoms with Crippen LogP contribution >= 0.6 is 0 Å². The Hall–Kier alpha value is -0.200. The first kappa shape index (κ1) is 8.89. The van der Waals surface area contributed by atoms with Crippen LogP contribution in [0.1, 0.15) is 6.92 Å². The molecule has 0 aromatic carbocycles. The van der Waals surface area contributed by atoms with Crippen molar-refractivity contribution in [2.24, 2.45) is 0 Å². The molecule has 0 amide bonds. The fraction of sp³-hybridized carbons (Fsp3) is 1.00. The maximum Gasteiger partial charge on any atom is 0.192 e. The third kappa shape index (κ3) is 1.38. The van der Waals surface area contributed by atoms with Gasteiger partial charge in [0.05, 0.1) is 6.61 Å². The molecule has 1 saturated heterocycles. The molecular weight excluding hydrogens is 152 g/mol. The third-order valence-corrected chi connectivity index (χ3v) is 1.82. The van der Waals surface area contributed by atoms with E-state index in [9.17, 15) is 5.11 Å². The molecule has 4 N–H and O–H groups in total. The van der Waals surface area contributed by atoms with Crippen molar-refractivity contribution in [3.8, 4) is 0 Å². The molecule has 0 radical (unpaired) electrons. The summed E-state index contributed by atoms with van der Waals surface area (Å²) in [4.78, 5) is 0. The van der Waals surface area contributed by atoms with E-state index in [0.29, 0.717) is 0 Å². The van der Waals surface area contributed by atoms with Crippen LogP contribution in [0.3, 0.4) is 0 Å². The van der Waals surface area contributed by atoms with Gasteiger partial charge in [0.15, 0.2) is 5.79 Å². The lowest BCUT2D eigenvalue weighted by atomic mass is 10.1. The van der Waals surface area contributed by atoms with Gasteiger partial charge in [-0.25, -0.2) is 0 Å². The van der Waals surface area contributed by atoms with Gasteiger partial charge in [-0.05, 0) is 6.92 Å². The van der Waals surface area contributed by atoms with Crippen molar-refractivity contribution >= 4 is 0 Å². The summed E-state index contributed by atoms with van der Waals surface area (Å²) in [6, 6.07) is 0. The second kappa shape index (κ2) is 2.69. The van der Waals surface area contributed by atoms with E-state index in [4.69, 9.17) is 20.1 Å². The van der Waals surface area contributed by atoms with E-state index < -0.39 is 30.7 Å². The monoisotopic (exact) mass is 164 g/mol. The van der Waals surface area contributed by atoms with Gasteiger partial charge >= 0.3 is 0 Å². The van der Waals surface area contributed by atoms with Crippen LogP contribution in [-0.2, 0) is 4.74 Å². The van der Waals surface area contributed by atoms with Crippen LogP contribution in [0.2, 0.25) is 0 Å². The normalized spacial score (nSPS) is 51.5. The van der Waals surface area contributed by atoms with Gasteiger partial charge in [-0.2, -0.15) is 0 Å². The fourth-order valence-corrected chi connectivity index (χ4v) is 1.11. The topological polar surface area (TPSA) is 90.2 Å². The van der Waals surface area contributed by atoms with Gasteiger partial charge in [0, 0.05) is 0 Å². The minimum absolute atomic E-state index is 0.422. The van der Waals surface area contributed by atoms with Crippen LogP contribution in [0.15, 0.2) is 0 Å². The molecule has 1 fully saturated rings. The molecule has 4 atom stereocenters. The molecule has 0 spiro atoms. The number of ether oxygens (including phenoxy) is 1. The Labute approximate surface area is 63.8 Å². The summed E-state index contributed by atoms with van der Waals surface area (Å²) < 4.78 is 4.73. The highest BCUT2D eigenvalue weighted by Crippen LogP contribution is 2.27. The zero-order valence-corrected chi connectivity index (χ0v) is 6.14. The standard InChI is InChI=1S/C6H12O5/c1-6(10)5(9)4(8)3(2-7)11-6/h3-5,7-10H,2H2,1H3/t3-,4?,5?,6?/m0/s1. The van der Waals surface area contributed by atoms with Gasteiger partial charge in [0.25, 0.3) is 0 Å². The Morgan fingerprint density at radius 2 is 2.00 bits per heavy atom. The molecule has 0 aromatic heterocycles.